The molecule has 1 fully saturated rings. The Morgan fingerprint density at radius 1 is 1.32 bits per heavy atom. The molecule has 0 saturated carbocycles. The van der Waals surface area contributed by atoms with Crippen molar-refractivity contribution in [2.24, 2.45) is 11.8 Å². The summed E-state index contributed by atoms with van der Waals surface area (Å²) in [4.78, 5) is 13.2. The summed E-state index contributed by atoms with van der Waals surface area (Å²) in [7, 11) is 0. The van der Waals surface area contributed by atoms with Gasteiger partial charge in [-0.1, -0.05) is 26.0 Å². The third kappa shape index (κ3) is 4.35. The zero-order valence-electron chi connectivity index (χ0n) is 11.8. The van der Waals surface area contributed by atoms with E-state index in [1.165, 1.54) is 19.5 Å². The van der Waals surface area contributed by atoms with Gasteiger partial charge in [-0.15, -0.1) is 0 Å². The third-order valence-electron chi connectivity index (χ3n) is 3.61. The van der Waals surface area contributed by atoms with Gasteiger partial charge in [0.2, 0.25) is 0 Å². The second kappa shape index (κ2) is 6.71. The maximum atomic E-state index is 10.7. The van der Waals surface area contributed by atoms with Crippen LogP contribution in [0.25, 0.3) is 0 Å². The van der Waals surface area contributed by atoms with Crippen molar-refractivity contribution < 1.29 is 9.53 Å². The molecule has 0 aromatic heterocycles. The van der Waals surface area contributed by atoms with E-state index in [2.05, 4.69) is 18.7 Å². The first-order chi connectivity index (χ1) is 9.17. The minimum absolute atomic E-state index is 0.665. The lowest BCUT2D eigenvalue weighted by molar-refractivity contribution is 0.112. The number of carbonyl (C=O) groups is 1. The molecule has 19 heavy (non-hydrogen) atoms. The van der Waals surface area contributed by atoms with Crippen molar-refractivity contribution in [1.29, 1.82) is 0 Å². The predicted molar refractivity (Wildman–Crippen MR) is 76.7 cm³/mol. The van der Waals surface area contributed by atoms with Crippen molar-refractivity contribution in [3.8, 4) is 5.75 Å². The van der Waals surface area contributed by atoms with Crippen molar-refractivity contribution in [3.05, 3.63) is 29.8 Å². The highest BCUT2D eigenvalue weighted by Crippen LogP contribution is 2.20. The second-order valence-corrected chi connectivity index (χ2v) is 5.74. The van der Waals surface area contributed by atoms with E-state index in [9.17, 15) is 4.79 Å². The Balaban J connectivity index is 1.78. The summed E-state index contributed by atoms with van der Waals surface area (Å²) in [5.41, 5.74) is 0.665. The van der Waals surface area contributed by atoms with Crippen LogP contribution in [0.4, 0.5) is 0 Å². The van der Waals surface area contributed by atoms with E-state index >= 15 is 0 Å². The van der Waals surface area contributed by atoms with E-state index in [1.54, 1.807) is 12.1 Å². The minimum atomic E-state index is 0.665. The highest BCUT2D eigenvalue weighted by Gasteiger charge is 2.21. The van der Waals surface area contributed by atoms with Crippen LogP contribution in [-0.2, 0) is 0 Å². The summed E-state index contributed by atoms with van der Waals surface area (Å²) in [6.07, 6.45) is 2.18. The van der Waals surface area contributed by atoms with E-state index in [0.29, 0.717) is 12.2 Å². The number of nitrogens with zero attached hydrogens (tertiary/aromatic N) is 1. The molecule has 3 heteroatoms. The number of hydrogen-bond acceptors (Lipinski definition) is 3. The lowest BCUT2D eigenvalue weighted by Crippen LogP contribution is -2.40. The van der Waals surface area contributed by atoms with Gasteiger partial charge in [0.05, 0.1) is 0 Å². The molecule has 104 valence electrons. The van der Waals surface area contributed by atoms with Crippen LogP contribution in [0.3, 0.4) is 0 Å². The molecular weight excluding hydrogens is 238 g/mol. The molecule has 0 N–H and O–H groups in total. The van der Waals surface area contributed by atoms with Gasteiger partial charge in [-0.2, -0.15) is 0 Å². The molecule has 1 aliphatic rings. The molecule has 0 bridgehead atoms. The van der Waals surface area contributed by atoms with Gasteiger partial charge in [0.25, 0.3) is 0 Å². The zero-order valence-corrected chi connectivity index (χ0v) is 11.8. The minimum Gasteiger partial charge on any atom is -0.492 e. The first-order valence-corrected chi connectivity index (χ1v) is 7.07. The predicted octanol–water partition coefficient (Wildman–Crippen LogP) is 2.86. The van der Waals surface area contributed by atoms with Crippen LogP contribution in [0.5, 0.6) is 5.75 Å². The van der Waals surface area contributed by atoms with E-state index in [-0.39, 0.29) is 0 Å². The second-order valence-electron chi connectivity index (χ2n) is 5.74. The molecule has 3 nitrogen and oxygen atoms in total. The normalized spacial score (nSPS) is 24.1. The van der Waals surface area contributed by atoms with Gasteiger partial charge < -0.3 is 4.74 Å². The zero-order chi connectivity index (χ0) is 13.7. The number of aldehydes is 1. The number of ether oxygens (including phenoxy) is 1. The van der Waals surface area contributed by atoms with E-state index < -0.39 is 0 Å². The van der Waals surface area contributed by atoms with E-state index in [1.807, 2.05) is 12.1 Å². The summed E-state index contributed by atoms with van der Waals surface area (Å²) in [5, 5.41) is 0. The fourth-order valence-corrected chi connectivity index (χ4v) is 2.94. The fraction of sp³-hybridized carbons (Fsp3) is 0.562. The van der Waals surface area contributed by atoms with Crippen LogP contribution in [0.2, 0.25) is 0 Å². The number of rotatable bonds is 5. The topological polar surface area (TPSA) is 29.5 Å². The van der Waals surface area contributed by atoms with Gasteiger partial charge in [0, 0.05) is 25.2 Å². The quantitative estimate of drug-likeness (QED) is 0.763. The first-order valence-electron chi connectivity index (χ1n) is 7.07. The standard InChI is InChI=1S/C16H23NO2/c1-13-8-14(2)11-17(10-13)6-7-19-16-5-3-4-15(9-16)12-18/h3-5,9,12-14H,6-8,10-11H2,1-2H3. The van der Waals surface area contributed by atoms with Gasteiger partial charge in [0.15, 0.2) is 0 Å². The molecule has 1 heterocycles. The van der Waals surface area contributed by atoms with Crippen LogP contribution in [-0.4, -0.2) is 37.4 Å². The van der Waals surface area contributed by atoms with E-state index in [0.717, 1.165) is 30.4 Å². The summed E-state index contributed by atoms with van der Waals surface area (Å²) >= 11 is 0. The molecule has 1 aliphatic heterocycles. The van der Waals surface area contributed by atoms with Crippen LogP contribution in [0.1, 0.15) is 30.6 Å². The largest absolute Gasteiger partial charge is 0.492 e. The molecule has 0 radical (unpaired) electrons. The van der Waals surface area contributed by atoms with Crippen LogP contribution in [0, 0.1) is 11.8 Å². The van der Waals surface area contributed by atoms with Gasteiger partial charge in [-0.25, -0.2) is 0 Å². The highest BCUT2D eigenvalue weighted by atomic mass is 16.5. The lowest BCUT2D eigenvalue weighted by Gasteiger charge is -2.34. The van der Waals surface area contributed by atoms with Crippen molar-refractivity contribution >= 4 is 6.29 Å². The van der Waals surface area contributed by atoms with E-state index in [4.69, 9.17) is 4.74 Å². The Bertz CT molecular complexity index is 409. The van der Waals surface area contributed by atoms with Crippen molar-refractivity contribution in [1.82, 2.24) is 4.90 Å². The smallest absolute Gasteiger partial charge is 0.150 e. The maximum absolute atomic E-state index is 10.7. The van der Waals surface area contributed by atoms with Gasteiger partial charge in [0.1, 0.15) is 18.6 Å². The van der Waals surface area contributed by atoms with Crippen LogP contribution >= 0.6 is 0 Å². The number of benzene rings is 1. The molecule has 1 aromatic rings. The lowest BCUT2D eigenvalue weighted by atomic mass is 9.92. The Hall–Kier alpha value is -1.35. The van der Waals surface area contributed by atoms with Crippen LogP contribution < -0.4 is 4.74 Å². The average Bonchev–Trinajstić information content (AvgIpc) is 2.38. The van der Waals surface area contributed by atoms with Crippen molar-refractivity contribution in [2.75, 3.05) is 26.2 Å². The molecule has 0 aliphatic carbocycles. The van der Waals surface area contributed by atoms with Gasteiger partial charge in [-0.05, 0) is 30.4 Å². The Labute approximate surface area is 115 Å². The number of piperidine rings is 1. The fourth-order valence-electron chi connectivity index (χ4n) is 2.94. The summed E-state index contributed by atoms with van der Waals surface area (Å²) in [6.45, 7) is 8.61. The molecule has 1 aromatic carbocycles. The number of likely N-dealkylation sites (tertiary alicyclic amines) is 1. The molecule has 1 saturated heterocycles. The summed E-state index contributed by atoms with van der Waals surface area (Å²) in [6, 6.07) is 7.32. The Morgan fingerprint density at radius 3 is 2.74 bits per heavy atom. The molecule has 2 unspecified atom stereocenters. The Morgan fingerprint density at radius 2 is 2.05 bits per heavy atom. The molecule has 2 atom stereocenters. The highest BCUT2D eigenvalue weighted by molar-refractivity contribution is 5.75. The summed E-state index contributed by atoms with van der Waals surface area (Å²) in [5.74, 6) is 2.34. The maximum Gasteiger partial charge on any atom is 0.150 e. The van der Waals surface area contributed by atoms with Crippen LogP contribution in [0.15, 0.2) is 24.3 Å². The monoisotopic (exact) mass is 261 g/mol. The average molecular weight is 261 g/mol. The number of carbonyl (C=O) groups excluding carboxylic acids is 1. The van der Waals surface area contributed by atoms with Gasteiger partial charge in [-0.3, -0.25) is 9.69 Å². The first kappa shape index (κ1) is 14.1. The third-order valence-corrected chi connectivity index (χ3v) is 3.61. The van der Waals surface area contributed by atoms with Gasteiger partial charge >= 0.3 is 0 Å². The summed E-state index contributed by atoms with van der Waals surface area (Å²) < 4.78 is 5.72. The molecule has 0 spiro atoms. The SMILES string of the molecule is CC1CC(C)CN(CCOc2cccc(C=O)c2)C1. The van der Waals surface area contributed by atoms with Crippen molar-refractivity contribution in [2.45, 2.75) is 20.3 Å². The number of hydrogen-bond donors (Lipinski definition) is 0. The molecule has 0 amide bonds. The van der Waals surface area contributed by atoms with Crippen molar-refractivity contribution in [3.63, 3.8) is 0 Å². The molecule has 2 rings (SSSR count). The molecular formula is C16H23NO2. The Kier molecular flexibility index (Phi) is 4.97.